The molecule has 0 aliphatic heterocycles. The first-order chi connectivity index (χ1) is 9.90. The predicted octanol–water partition coefficient (Wildman–Crippen LogP) is 1.56. The Morgan fingerprint density at radius 3 is 2.57 bits per heavy atom. The molecule has 0 aliphatic rings. The van der Waals surface area contributed by atoms with E-state index in [1.54, 1.807) is 18.2 Å². The molecule has 0 saturated heterocycles. The van der Waals surface area contributed by atoms with Gasteiger partial charge in [-0.3, -0.25) is 9.59 Å². The molecule has 116 valence electrons. The molecule has 5 nitrogen and oxygen atoms in total. The monoisotopic (exact) mass is 291 g/mol. The minimum Gasteiger partial charge on any atom is -0.366 e. The fraction of sp³-hybridized carbons (Fsp3) is 0.500. The summed E-state index contributed by atoms with van der Waals surface area (Å²) < 4.78 is 0. The average Bonchev–Trinajstić information content (AvgIpc) is 2.44. The summed E-state index contributed by atoms with van der Waals surface area (Å²) >= 11 is 0. The Bertz CT molecular complexity index is 486. The molecular weight excluding hydrogens is 266 g/mol. The third-order valence-electron chi connectivity index (χ3n) is 3.42. The van der Waals surface area contributed by atoms with Gasteiger partial charge in [0.1, 0.15) is 0 Å². The van der Waals surface area contributed by atoms with Crippen LogP contribution in [0, 0.1) is 5.92 Å². The van der Waals surface area contributed by atoms with Gasteiger partial charge >= 0.3 is 0 Å². The third-order valence-corrected chi connectivity index (χ3v) is 3.42. The number of primary amides is 1. The van der Waals surface area contributed by atoms with E-state index in [0.717, 1.165) is 24.8 Å². The van der Waals surface area contributed by atoms with Crippen molar-refractivity contribution in [1.29, 1.82) is 0 Å². The molecule has 5 N–H and O–H groups in total. The molecule has 0 aliphatic carbocycles. The summed E-state index contributed by atoms with van der Waals surface area (Å²) in [5.74, 6) is -0.486. The molecule has 2 amide bonds. The summed E-state index contributed by atoms with van der Waals surface area (Å²) in [5, 5.41) is 2.88. The number of carbonyl (C=O) groups excluding carboxylic acids is 2. The molecule has 1 aromatic carbocycles. The van der Waals surface area contributed by atoms with Crippen molar-refractivity contribution in [2.75, 3.05) is 0 Å². The van der Waals surface area contributed by atoms with Crippen molar-refractivity contribution >= 4 is 11.8 Å². The van der Waals surface area contributed by atoms with Crippen LogP contribution in [0.3, 0.4) is 0 Å². The zero-order valence-corrected chi connectivity index (χ0v) is 12.8. The molecule has 0 bridgehead atoms. The summed E-state index contributed by atoms with van der Waals surface area (Å²) in [4.78, 5) is 23.1. The molecule has 0 spiro atoms. The van der Waals surface area contributed by atoms with Gasteiger partial charge in [0.15, 0.2) is 0 Å². The van der Waals surface area contributed by atoms with Crippen LogP contribution in [0.4, 0.5) is 0 Å². The summed E-state index contributed by atoms with van der Waals surface area (Å²) in [6.07, 6.45) is 2.70. The van der Waals surface area contributed by atoms with E-state index in [1.165, 1.54) is 0 Å². The molecular formula is C16H25N3O2. The van der Waals surface area contributed by atoms with E-state index in [9.17, 15) is 9.59 Å². The maximum absolute atomic E-state index is 12.0. The second-order valence-corrected chi connectivity index (χ2v) is 5.59. The molecule has 2 unspecified atom stereocenters. The van der Waals surface area contributed by atoms with Crippen LogP contribution in [0.5, 0.6) is 0 Å². The van der Waals surface area contributed by atoms with Crippen LogP contribution in [0.2, 0.25) is 0 Å². The lowest BCUT2D eigenvalue weighted by Gasteiger charge is -2.13. The van der Waals surface area contributed by atoms with Gasteiger partial charge in [-0.05, 0) is 37.5 Å². The van der Waals surface area contributed by atoms with Crippen molar-refractivity contribution in [1.82, 2.24) is 5.32 Å². The van der Waals surface area contributed by atoms with Crippen molar-refractivity contribution in [3.8, 4) is 0 Å². The number of nitrogens with one attached hydrogen (secondary N) is 1. The molecule has 0 saturated carbocycles. The van der Waals surface area contributed by atoms with Gasteiger partial charge in [-0.25, -0.2) is 0 Å². The fourth-order valence-corrected chi connectivity index (χ4v) is 2.08. The number of rotatable bonds is 8. The number of amides is 2. The van der Waals surface area contributed by atoms with E-state index in [1.807, 2.05) is 19.9 Å². The predicted molar refractivity (Wildman–Crippen MR) is 83.5 cm³/mol. The second-order valence-electron chi connectivity index (χ2n) is 5.59. The molecule has 0 aromatic heterocycles. The maximum Gasteiger partial charge on any atom is 0.248 e. The highest BCUT2D eigenvalue weighted by atomic mass is 16.2. The normalized spacial score (nSPS) is 13.5. The second kappa shape index (κ2) is 8.42. The standard InChI is InChI=1S/C16H25N3O2/c1-11(5-3-6-12(2)17)16(21)19-10-13-7-4-8-14(9-13)15(18)20/h4,7-9,11-12H,3,5-6,10,17H2,1-2H3,(H2,18,20)(H,19,21). The van der Waals surface area contributed by atoms with Crippen LogP contribution < -0.4 is 16.8 Å². The number of hydrogen-bond acceptors (Lipinski definition) is 3. The van der Waals surface area contributed by atoms with Gasteiger partial charge < -0.3 is 16.8 Å². The van der Waals surface area contributed by atoms with Gasteiger partial charge in [0.2, 0.25) is 11.8 Å². The van der Waals surface area contributed by atoms with Gasteiger partial charge in [0, 0.05) is 24.1 Å². The highest BCUT2D eigenvalue weighted by Crippen LogP contribution is 2.10. The van der Waals surface area contributed by atoms with Crippen molar-refractivity contribution in [3.05, 3.63) is 35.4 Å². The van der Waals surface area contributed by atoms with Gasteiger partial charge in [0.25, 0.3) is 0 Å². The van der Waals surface area contributed by atoms with E-state index in [2.05, 4.69) is 5.32 Å². The largest absolute Gasteiger partial charge is 0.366 e. The van der Waals surface area contributed by atoms with Crippen molar-refractivity contribution in [2.45, 2.75) is 45.7 Å². The molecule has 1 rings (SSSR count). The summed E-state index contributed by atoms with van der Waals surface area (Å²) in [7, 11) is 0. The zero-order valence-electron chi connectivity index (χ0n) is 12.8. The first-order valence-corrected chi connectivity index (χ1v) is 7.32. The van der Waals surface area contributed by atoms with Crippen molar-refractivity contribution in [2.24, 2.45) is 17.4 Å². The Kier molecular flexibility index (Phi) is 6.88. The summed E-state index contributed by atoms with van der Waals surface area (Å²) in [6, 6.07) is 7.14. The highest BCUT2D eigenvalue weighted by molar-refractivity contribution is 5.92. The average molecular weight is 291 g/mol. The minimum absolute atomic E-state index is 0.0177. The molecule has 21 heavy (non-hydrogen) atoms. The van der Waals surface area contributed by atoms with Crippen molar-refractivity contribution < 1.29 is 9.59 Å². The van der Waals surface area contributed by atoms with E-state index < -0.39 is 5.91 Å². The minimum atomic E-state index is -0.465. The van der Waals surface area contributed by atoms with E-state index in [4.69, 9.17) is 11.5 Å². The summed E-state index contributed by atoms with van der Waals surface area (Å²) in [6.45, 7) is 4.28. The Hall–Kier alpha value is -1.88. The maximum atomic E-state index is 12.0. The third kappa shape index (κ3) is 6.40. The van der Waals surface area contributed by atoms with Gasteiger partial charge in [-0.1, -0.05) is 25.5 Å². The van der Waals surface area contributed by atoms with Crippen LogP contribution in [-0.4, -0.2) is 17.9 Å². The molecule has 0 radical (unpaired) electrons. The smallest absolute Gasteiger partial charge is 0.248 e. The molecule has 0 fully saturated rings. The SMILES string of the molecule is CC(N)CCCC(C)C(=O)NCc1cccc(C(N)=O)c1. The number of benzene rings is 1. The fourth-order valence-electron chi connectivity index (χ4n) is 2.08. The Labute approximate surface area is 126 Å². The van der Waals surface area contributed by atoms with E-state index in [0.29, 0.717) is 12.1 Å². The van der Waals surface area contributed by atoms with Crippen LogP contribution in [0.15, 0.2) is 24.3 Å². The number of carbonyl (C=O) groups is 2. The lowest BCUT2D eigenvalue weighted by atomic mass is 10.0. The number of nitrogens with two attached hydrogens (primary N) is 2. The van der Waals surface area contributed by atoms with Gasteiger partial charge in [-0.2, -0.15) is 0 Å². The van der Waals surface area contributed by atoms with Crippen LogP contribution in [0.1, 0.15) is 49.0 Å². The topological polar surface area (TPSA) is 98.2 Å². The quantitative estimate of drug-likeness (QED) is 0.677. The van der Waals surface area contributed by atoms with E-state index >= 15 is 0 Å². The zero-order chi connectivity index (χ0) is 15.8. The molecule has 0 heterocycles. The van der Waals surface area contributed by atoms with Crippen molar-refractivity contribution in [3.63, 3.8) is 0 Å². The van der Waals surface area contributed by atoms with Gasteiger partial charge in [-0.15, -0.1) is 0 Å². The molecule has 2 atom stereocenters. The highest BCUT2D eigenvalue weighted by Gasteiger charge is 2.12. The lowest BCUT2D eigenvalue weighted by molar-refractivity contribution is -0.124. The van der Waals surface area contributed by atoms with Crippen LogP contribution in [0.25, 0.3) is 0 Å². The Balaban J connectivity index is 2.41. The summed E-state index contributed by atoms with van der Waals surface area (Å²) in [5.41, 5.74) is 12.2. The Morgan fingerprint density at radius 1 is 1.24 bits per heavy atom. The molecule has 5 heteroatoms. The first kappa shape index (κ1) is 17.2. The Morgan fingerprint density at radius 2 is 1.95 bits per heavy atom. The van der Waals surface area contributed by atoms with E-state index in [-0.39, 0.29) is 17.9 Å². The van der Waals surface area contributed by atoms with Crippen LogP contribution in [-0.2, 0) is 11.3 Å². The number of hydrogen-bond donors (Lipinski definition) is 3. The van der Waals surface area contributed by atoms with Crippen LogP contribution >= 0.6 is 0 Å². The first-order valence-electron chi connectivity index (χ1n) is 7.32. The van der Waals surface area contributed by atoms with Gasteiger partial charge in [0.05, 0.1) is 0 Å². The molecule has 1 aromatic rings. The lowest BCUT2D eigenvalue weighted by Crippen LogP contribution is -2.29.